The van der Waals surface area contributed by atoms with Gasteiger partial charge in [-0.05, 0) is 23.3 Å². The molecule has 1 amide bonds. The van der Waals surface area contributed by atoms with E-state index >= 15 is 0 Å². The van der Waals surface area contributed by atoms with Crippen LogP contribution < -0.4 is 10.6 Å². The van der Waals surface area contributed by atoms with Crippen molar-refractivity contribution in [3.63, 3.8) is 0 Å². The largest absolute Gasteiger partial charge is 0.383 e. The van der Waals surface area contributed by atoms with E-state index in [-0.39, 0.29) is 18.5 Å². The van der Waals surface area contributed by atoms with E-state index < -0.39 is 0 Å². The fourth-order valence-electron chi connectivity index (χ4n) is 2.25. The van der Waals surface area contributed by atoms with Gasteiger partial charge in [-0.2, -0.15) is 0 Å². The summed E-state index contributed by atoms with van der Waals surface area (Å²) in [6.45, 7) is 1.50. The second-order valence-corrected chi connectivity index (χ2v) is 6.05. The third-order valence-electron chi connectivity index (χ3n) is 3.41. The number of methoxy groups -OCH3 is 1. The van der Waals surface area contributed by atoms with Gasteiger partial charge in [0.25, 0.3) is 0 Å². The second kappa shape index (κ2) is 9.45. The molecule has 1 atom stereocenters. The van der Waals surface area contributed by atoms with Crippen LogP contribution in [0.15, 0.2) is 59.1 Å². The molecular formula is C18H21BrN2O2. The van der Waals surface area contributed by atoms with Gasteiger partial charge in [0.1, 0.15) is 0 Å². The van der Waals surface area contributed by atoms with Gasteiger partial charge in [0.2, 0.25) is 5.91 Å². The van der Waals surface area contributed by atoms with Crippen molar-refractivity contribution >= 4 is 21.8 Å². The van der Waals surface area contributed by atoms with E-state index in [2.05, 4.69) is 26.6 Å². The van der Waals surface area contributed by atoms with Crippen molar-refractivity contribution in [2.75, 3.05) is 26.8 Å². The highest BCUT2D eigenvalue weighted by Gasteiger charge is 2.16. The van der Waals surface area contributed by atoms with Gasteiger partial charge in [-0.3, -0.25) is 4.79 Å². The van der Waals surface area contributed by atoms with Crippen LogP contribution in [0.5, 0.6) is 0 Å². The van der Waals surface area contributed by atoms with E-state index in [4.69, 9.17) is 4.74 Å². The highest BCUT2D eigenvalue weighted by molar-refractivity contribution is 9.10. The summed E-state index contributed by atoms with van der Waals surface area (Å²) in [6, 6.07) is 17.8. The van der Waals surface area contributed by atoms with Gasteiger partial charge in [0, 0.05) is 18.1 Å². The molecule has 1 unspecified atom stereocenters. The summed E-state index contributed by atoms with van der Waals surface area (Å²) < 4.78 is 5.97. The lowest BCUT2D eigenvalue weighted by molar-refractivity contribution is -0.120. The topological polar surface area (TPSA) is 50.4 Å². The molecule has 5 heteroatoms. The Labute approximate surface area is 145 Å². The molecule has 0 saturated carbocycles. The summed E-state index contributed by atoms with van der Waals surface area (Å²) >= 11 is 3.44. The SMILES string of the molecule is COCCNCC(=O)NC(c1ccccc1)c1ccc(Br)cc1. The standard InChI is InChI=1S/C18H21BrN2O2/c1-23-12-11-20-13-17(22)21-18(14-5-3-2-4-6-14)15-7-9-16(19)10-8-15/h2-10,18,20H,11-13H2,1H3,(H,21,22). The Morgan fingerprint density at radius 1 is 1.09 bits per heavy atom. The molecule has 0 fully saturated rings. The summed E-state index contributed by atoms with van der Waals surface area (Å²) in [5, 5.41) is 6.15. The fourth-order valence-corrected chi connectivity index (χ4v) is 2.51. The van der Waals surface area contributed by atoms with Gasteiger partial charge in [0.15, 0.2) is 0 Å². The van der Waals surface area contributed by atoms with Crippen LogP contribution in [0, 0.1) is 0 Å². The summed E-state index contributed by atoms with van der Waals surface area (Å²) in [7, 11) is 1.64. The van der Waals surface area contributed by atoms with Gasteiger partial charge >= 0.3 is 0 Å². The zero-order valence-electron chi connectivity index (χ0n) is 13.1. The van der Waals surface area contributed by atoms with E-state index in [0.29, 0.717) is 13.2 Å². The number of rotatable bonds is 8. The van der Waals surface area contributed by atoms with E-state index in [1.165, 1.54) is 0 Å². The van der Waals surface area contributed by atoms with Crippen LogP contribution in [0.2, 0.25) is 0 Å². The molecule has 0 heterocycles. The van der Waals surface area contributed by atoms with Gasteiger partial charge in [0.05, 0.1) is 19.2 Å². The minimum atomic E-state index is -0.166. The third kappa shape index (κ3) is 5.78. The highest BCUT2D eigenvalue weighted by Crippen LogP contribution is 2.23. The quantitative estimate of drug-likeness (QED) is 0.696. The first-order valence-electron chi connectivity index (χ1n) is 7.50. The fraction of sp³-hybridized carbons (Fsp3) is 0.278. The molecule has 0 radical (unpaired) electrons. The van der Waals surface area contributed by atoms with Crippen LogP contribution in [0.25, 0.3) is 0 Å². The predicted octanol–water partition coefficient (Wildman–Crippen LogP) is 2.89. The summed E-state index contributed by atoms with van der Waals surface area (Å²) in [4.78, 5) is 12.2. The van der Waals surface area contributed by atoms with Crippen LogP contribution in [-0.2, 0) is 9.53 Å². The van der Waals surface area contributed by atoms with E-state index in [1.807, 2.05) is 54.6 Å². The van der Waals surface area contributed by atoms with Gasteiger partial charge in [-0.25, -0.2) is 0 Å². The Balaban J connectivity index is 2.08. The van der Waals surface area contributed by atoms with Gasteiger partial charge in [-0.15, -0.1) is 0 Å². The molecule has 2 rings (SSSR count). The molecule has 2 aromatic rings. The molecule has 0 aliphatic carbocycles. The van der Waals surface area contributed by atoms with Crippen molar-refractivity contribution < 1.29 is 9.53 Å². The summed E-state index contributed by atoms with van der Waals surface area (Å²) in [5.74, 6) is -0.0436. The maximum absolute atomic E-state index is 12.2. The maximum Gasteiger partial charge on any atom is 0.234 e. The molecule has 0 bridgehead atoms. The number of benzene rings is 2. The van der Waals surface area contributed by atoms with Crippen LogP contribution in [0.4, 0.5) is 0 Å². The van der Waals surface area contributed by atoms with Crippen LogP contribution in [-0.4, -0.2) is 32.7 Å². The molecule has 0 spiro atoms. The normalized spacial score (nSPS) is 11.9. The number of nitrogens with one attached hydrogen (secondary N) is 2. The molecule has 2 N–H and O–H groups in total. The summed E-state index contributed by atoms with van der Waals surface area (Å²) in [6.07, 6.45) is 0. The molecule has 0 aliphatic rings. The first-order chi connectivity index (χ1) is 11.2. The number of halogens is 1. The molecule has 122 valence electrons. The lowest BCUT2D eigenvalue weighted by Crippen LogP contribution is -2.37. The van der Waals surface area contributed by atoms with Crippen LogP contribution in [0.1, 0.15) is 17.2 Å². The number of amides is 1. The number of hydrogen-bond acceptors (Lipinski definition) is 3. The molecule has 4 nitrogen and oxygen atoms in total. The highest BCUT2D eigenvalue weighted by atomic mass is 79.9. The van der Waals surface area contributed by atoms with Crippen LogP contribution >= 0.6 is 15.9 Å². The van der Waals surface area contributed by atoms with Crippen molar-refractivity contribution in [1.82, 2.24) is 10.6 Å². The van der Waals surface area contributed by atoms with E-state index in [9.17, 15) is 4.79 Å². The molecule has 2 aromatic carbocycles. The number of carbonyl (C=O) groups excluding carboxylic acids is 1. The smallest absolute Gasteiger partial charge is 0.234 e. The predicted molar refractivity (Wildman–Crippen MR) is 95.3 cm³/mol. The van der Waals surface area contributed by atoms with Gasteiger partial charge in [-0.1, -0.05) is 58.4 Å². The Hall–Kier alpha value is -1.69. The Morgan fingerprint density at radius 2 is 1.74 bits per heavy atom. The number of ether oxygens (including phenoxy) is 1. The molecule has 0 saturated heterocycles. The molecule has 23 heavy (non-hydrogen) atoms. The number of hydrogen-bond donors (Lipinski definition) is 2. The van der Waals surface area contributed by atoms with Crippen molar-refractivity contribution in [2.24, 2.45) is 0 Å². The molecular weight excluding hydrogens is 356 g/mol. The Kier molecular flexibility index (Phi) is 7.26. The lowest BCUT2D eigenvalue weighted by atomic mass is 9.99. The minimum Gasteiger partial charge on any atom is -0.383 e. The minimum absolute atomic E-state index is 0.0436. The number of carbonyl (C=O) groups is 1. The lowest BCUT2D eigenvalue weighted by Gasteiger charge is -2.20. The zero-order valence-corrected chi connectivity index (χ0v) is 14.7. The Bertz CT molecular complexity index is 602. The van der Waals surface area contributed by atoms with Crippen molar-refractivity contribution in [2.45, 2.75) is 6.04 Å². The second-order valence-electron chi connectivity index (χ2n) is 5.13. The molecule has 0 aliphatic heterocycles. The first kappa shape index (κ1) is 17.7. The van der Waals surface area contributed by atoms with E-state index in [0.717, 1.165) is 15.6 Å². The van der Waals surface area contributed by atoms with Crippen molar-refractivity contribution in [1.29, 1.82) is 0 Å². The average molecular weight is 377 g/mol. The maximum atomic E-state index is 12.2. The molecule has 0 aromatic heterocycles. The Morgan fingerprint density at radius 3 is 2.39 bits per heavy atom. The van der Waals surface area contributed by atoms with E-state index in [1.54, 1.807) is 7.11 Å². The van der Waals surface area contributed by atoms with Crippen LogP contribution in [0.3, 0.4) is 0 Å². The monoisotopic (exact) mass is 376 g/mol. The van der Waals surface area contributed by atoms with Crippen molar-refractivity contribution in [3.8, 4) is 0 Å². The zero-order chi connectivity index (χ0) is 16.5. The van der Waals surface area contributed by atoms with Gasteiger partial charge < -0.3 is 15.4 Å². The average Bonchev–Trinajstić information content (AvgIpc) is 2.58. The van der Waals surface area contributed by atoms with Crippen molar-refractivity contribution in [3.05, 3.63) is 70.2 Å². The third-order valence-corrected chi connectivity index (χ3v) is 3.94. The first-order valence-corrected chi connectivity index (χ1v) is 8.29. The summed E-state index contributed by atoms with van der Waals surface area (Å²) in [5.41, 5.74) is 2.10.